The van der Waals surface area contributed by atoms with Crippen molar-refractivity contribution in [2.24, 2.45) is 0 Å². The largest absolute Gasteiger partial charge is 0.592 e. The Labute approximate surface area is 56.9 Å². The number of nitrogen functional groups attached to an aromatic ring is 1. The van der Waals surface area contributed by atoms with Gasteiger partial charge in [0.05, 0.1) is 6.20 Å². The van der Waals surface area contributed by atoms with Gasteiger partial charge < -0.3 is 22.5 Å². The van der Waals surface area contributed by atoms with Crippen LogP contribution in [0.5, 0.6) is 0 Å². The Balaban J connectivity index is 3.43. The van der Waals surface area contributed by atoms with Gasteiger partial charge >= 0.3 is 5.69 Å². The molecule has 0 aliphatic carbocycles. The van der Waals surface area contributed by atoms with Crippen LogP contribution < -0.4 is 15.4 Å². The van der Waals surface area contributed by atoms with Crippen molar-refractivity contribution in [3.63, 3.8) is 0 Å². The fourth-order valence-corrected chi connectivity index (χ4v) is 0.555. The molecule has 0 unspecified atom stereocenters. The first-order chi connectivity index (χ1) is 4.22. The van der Waals surface area contributed by atoms with Gasteiger partial charge in [0, 0.05) is 6.07 Å². The number of nitrogens with zero attached hydrogens (tertiary/aromatic N) is 1. The van der Waals surface area contributed by atoms with E-state index in [4.69, 9.17) is 5.73 Å². The number of nitrogens with one attached hydrogen (secondary N) is 1. The van der Waals surface area contributed by atoms with E-state index in [0.29, 0.717) is 0 Å². The highest BCUT2D eigenvalue weighted by atomic mass is 32.1. The molecule has 0 aromatic carbocycles. The lowest BCUT2D eigenvalue weighted by Gasteiger charge is -2.01. The summed E-state index contributed by atoms with van der Waals surface area (Å²) in [5, 5.41) is 0. The summed E-state index contributed by atoms with van der Waals surface area (Å²) in [5.74, 6) is 0.272. The monoisotopic (exact) mass is 143 g/mol. The highest BCUT2D eigenvalue weighted by Gasteiger charge is 1.92. The van der Waals surface area contributed by atoms with Crippen LogP contribution in [0, 0.1) is 0 Å². The number of aromatic nitrogens is 2. The fourth-order valence-electron chi connectivity index (χ4n) is 0.442. The lowest BCUT2D eigenvalue weighted by atomic mass is 10.6. The number of H-pyrrole nitrogens is 1. The molecule has 9 heavy (non-hydrogen) atoms. The second-order valence-corrected chi connectivity index (χ2v) is 1.87. The molecule has 0 saturated heterocycles. The molecule has 48 valence electrons. The summed E-state index contributed by atoms with van der Waals surface area (Å²) in [7, 11) is 0. The Bertz CT molecular complexity index is 269. The molecule has 0 spiro atoms. The minimum absolute atomic E-state index is 0.272. The van der Waals surface area contributed by atoms with E-state index >= 15 is 0 Å². The number of rotatable bonds is 0. The summed E-state index contributed by atoms with van der Waals surface area (Å²) in [4.78, 5) is 12.9. The van der Waals surface area contributed by atoms with Crippen LogP contribution >= 0.6 is 0 Å². The molecule has 3 N–H and O–H groups in total. The maximum atomic E-state index is 10.6. The SMILES string of the molecule is Nc1cc[nH]c(=O)[n+]1[S-]. The summed E-state index contributed by atoms with van der Waals surface area (Å²) in [6.45, 7) is 0. The molecule has 0 saturated carbocycles. The molecular weight excluding hydrogens is 138 g/mol. The van der Waals surface area contributed by atoms with E-state index in [2.05, 4.69) is 17.8 Å². The molecule has 0 fully saturated rings. The highest BCUT2D eigenvalue weighted by Crippen LogP contribution is 1.80. The van der Waals surface area contributed by atoms with Crippen molar-refractivity contribution in [3.8, 4) is 0 Å². The van der Waals surface area contributed by atoms with Crippen LogP contribution in [0.4, 0.5) is 5.82 Å². The zero-order valence-corrected chi connectivity index (χ0v) is 5.31. The quantitative estimate of drug-likeness (QED) is 0.345. The van der Waals surface area contributed by atoms with E-state index in [9.17, 15) is 4.79 Å². The molecule has 1 rings (SSSR count). The van der Waals surface area contributed by atoms with Gasteiger partial charge in [-0.2, -0.15) is 0 Å². The summed E-state index contributed by atoms with van der Waals surface area (Å²) in [5.41, 5.74) is 4.88. The van der Waals surface area contributed by atoms with E-state index < -0.39 is 0 Å². The Morgan fingerprint density at radius 3 is 2.89 bits per heavy atom. The van der Waals surface area contributed by atoms with Crippen molar-refractivity contribution in [3.05, 3.63) is 22.7 Å². The van der Waals surface area contributed by atoms with Gasteiger partial charge in [-0.25, -0.2) is 9.78 Å². The van der Waals surface area contributed by atoms with Gasteiger partial charge in [-0.15, -0.1) is 0 Å². The van der Waals surface area contributed by atoms with Crippen molar-refractivity contribution in [1.82, 2.24) is 4.98 Å². The second-order valence-electron chi connectivity index (χ2n) is 1.50. The van der Waals surface area contributed by atoms with Crippen molar-refractivity contribution < 1.29 is 3.97 Å². The molecule has 1 heterocycles. The van der Waals surface area contributed by atoms with Crippen LogP contribution in [0.2, 0.25) is 0 Å². The lowest BCUT2D eigenvalue weighted by molar-refractivity contribution is -0.498. The van der Waals surface area contributed by atoms with Crippen LogP contribution in [-0.2, 0) is 12.8 Å². The molecule has 5 heteroatoms. The number of anilines is 1. The standard InChI is InChI=1S/C4H5N3OS/c5-3-1-2-6-4(8)7(3)9/h1-2H,5H2,(H,6,8). The Hall–Kier alpha value is -1.10. The topological polar surface area (TPSA) is 62.8 Å². The van der Waals surface area contributed by atoms with Crippen LogP contribution in [0.3, 0.4) is 0 Å². The van der Waals surface area contributed by atoms with E-state index in [0.717, 1.165) is 3.97 Å². The normalized spacial score (nSPS) is 9.33. The molecule has 0 aliphatic heterocycles. The molecule has 0 atom stereocenters. The average Bonchev–Trinajstić information content (AvgIpc) is 1.83. The smallest absolute Gasteiger partial charge is 0.422 e. The molecule has 0 amide bonds. The maximum absolute atomic E-state index is 10.6. The van der Waals surface area contributed by atoms with Crippen LogP contribution in [-0.4, -0.2) is 4.98 Å². The third-order valence-corrected chi connectivity index (χ3v) is 1.26. The van der Waals surface area contributed by atoms with Gasteiger partial charge in [0.2, 0.25) is 5.82 Å². The van der Waals surface area contributed by atoms with Gasteiger partial charge in [0.1, 0.15) is 0 Å². The van der Waals surface area contributed by atoms with Crippen molar-refractivity contribution in [1.29, 1.82) is 0 Å². The first-order valence-corrected chi connectivity index (χ1v) is 2.65. The van der Waals surface area contributed by atoms with Crippen LogP contribution in [0.1, 0.15) is 0 Å². The Kier molecular flexibility index (Phi) is 1.35. The van der Waals surface area contributed by atoms with E-state index in [-0.39, 0.29) is 11.5 Å². The van der Waals surface area contributed by atoms with Gasteiger partial charge in [0.25, 0.3) is 0 Å². The minimum atomic E-state index is -0.384. The highest BCUT2D eigenvalue weighted by molar-refractivity contribution is 7.51. The van der Waals surface area contributed by atoms with E-state index in [1.807, 2.05) is 0 Å². The van der Waals surface area contributed by atoms with Gasteiger partial charge in [0.15, 0.2) is 0 Å². The number of hydrogen-bond donors (Lipinski definition) is 2. The zero-order chi connectivity index (χ0) is 6.85. The summed E-state index contributed by atoms with van der Waals surface area (Å²) >= 11 is 4.54. The molecule has 0 radical (unpaired) electrons. The van der Waals surface area contributed by atoms with Gasteiger partial charge in [-0.05, 0) is 0 Å². The summed E-state index contributed by atoms with van der Waals surface area (Å²) in [6.07, 6.45) is 1.44. The maximum Gasteiger partial charge on any atom is 0.422 e. The van der Waals surface area contributed by atoms with Crippen LogP contribution in [0.15, 0.2) is 17.1 Å². The van der Waals surface area contributed by atoms with Gasteiger partial charge in [-0.1, -0.05) is 0 Å². The molecule has 0 aliphatic rings. The molecular formula is C4H5N3OS. The van der Waals surface area contributed by atoms with Crippen molar-refractivity contribution >= 4 is 18.6 Å². The fraction of sp³-hybridized carbons (Fsp3) is 0. The van der Waals surface area contributed by atoms with Crippen molar-refractivity contribution in [2.45, 2.75) is 0 Å². The molecule has 4 nitrogen and oxygen atoms in total. The molecule has 0 bridgehead atoms. The Morgan fingerprint density at radius 2 is 2.44 bits per heavy atom. The van der Waals surface area contributed by atoms with E-state index in [1.165, 1.54) is 12.3 Å². The second kappa shape index (κ2) is 2.02. The first-order valence-electron chi connectivity index (χ1n) is 2.28. The third kappa shape index (κ3) is 0.996. The summed E-state index contributed by atoms with van der Waals surface area (Å²) < 4.78 is 0.917. The predicted octanol–water partition coefficient (Wildman–Crippen LogP) is -1.45. The minimum Gasteiger partial charge on any atom is -0.592 e. The number of nitrogens with two attached hydrogens (primary N) is 1. The van der Waals surface area contributed by atoms with E-state index in [1.54, 1.807) is 0 Å². The average molecular weight is 143 g/mol. The number of hydrogen-bond acceptors (Lipinski definition) is 3. The van der Waals surface area contributed by atoms with Gasteiger partial charge in [-0.3, -0.25) is 0 Å². The number of aromatic amines is 1. The first kappa shape index (κ1) is 6.03. The van der Waals surface area contributed by atoms with Crippen molar-refractivity contribution in [2.75, 3.05) is 5.73 Å². The zero-order valence-electron chi connectivity index (χ0n) is 4.50. The molecule has 1 aromatic rings. The third-order valence-electron chi connectivity index (χ3n) is 0.880. The summed E-state index contributed by atoms with van der Waals surface area (Å²) in [6, 6.07) is 1.52. The lowest BCUT2D eigenvalue weighted by Crippen LogP contribution is -2.48. The predicted molar refractivity (Wildman–Crippen MR) is 34.4 cm³/mol. The molecule has 1 aromatic heterocycles. The Morgan fingerprint density at radius 1 is 1.78 bits per heavy atom. The van der Waals surface area contributed by atoms with Crippen LogP contribution in [0.25, 0.3) is 0 Å².